The van der Waals surface area contributed by atoms with Gasteiger partial charge >= 0.3 is 0 Å². The van der Waals surface area contributed by atoms with E-state index in [2.05, 4.69) is 29.6 Å². The normalized spacial score (nSPS) is 12.0. The van der Waals surface area contributed by atoms with Crippen LogP contribution in [0.2, 0.25) is 0 Å². The van der Waals surface area contributed by atoms with E-state index in [1.807, 2.05) is 60.7 Å². The van der Waals surface area contributed by atoms with Crippen molar-refractivity contribution in [3.05, 3.63) is 102 Å². The van der Waals surface area contributed by atoms with Crippen LogP contribution in [0.3, 0.4) is 0 Å². The average molecular weight is 369 g/mol. The molecule has 0 aliphatic carbocycles. The Kier molecular flexibility index (Phi) is 5.59. The number of rotatable bonds is 7. The van der Waals surface area contributed by atoms with Crippen molar-refractivity contribution in [2.75, 3.05) is 11.9 Å². The zero-order valence-electron chi connectivity index (χ0n) is 15.6. The monoisotopic (exact) mass is 369 g/mol. The van der Waals surface area contributed by atoms with E-state index in [9.17, 15) is 5.11 Å². The molecule has 4 aromatic rings. The quantitative estimate of drug-likeness (QED) is 0.512. The molecule has 0 fully saturated rings. The summed E-state index contributed by atoms with van der Waals surface area (Å²) in [5.41, 5.74) is 3.26. The summed E-state index contributed by atoms with van der Waals surface area (Å²) in [4.78, 5) is 9.53. The molecule has 4 heteroatoms. The third kappa shape index (κ3) is 4.35. The molecule has 4 nitrogen and oxygen atoms in total. The Morgan fingerprint density at radius 3 is 2.11 bits per heavy atom. The van der Waals surface area contributed by atoms with Gasteiger partial charge in [-0.05, 0) is 29.7 Å². The largest absolute Gasteiger partial charge is 0.394 e. The van der Waals surface area contributed by atoms with E-state index in [0.717, 1.165) is 29.0 Å². The van der Waals surface area contributed by atoms with Crippen molar-refractivity contribution in [2.24, 2.45) is 0 Å². The molecule has 28 heavy (non-hydrogen) atoms. The van der Waals surface area contributed by atoms with Crippen molar-refractivity contribution in [3.63, 3.8) is 0 Å². The van der Waals surface area contributed by atoms with E-state index >= 15 is 0 Å². The third-order valence-corrected chi connectivity index (χ3v) is 4.74. The fourth-order valence-electron chi connectivity index (χ4n) is 3.35. The molecule has 140 valence electrons. The SMILES string of the molecule is OC[C@H](Cc1ccccc1)Nc1nc(Cc2ccccc2)nc2ccccc12. The standard InChI is InChI=1S/C24H23N3O/c28-17-20(15-18-9-3-1-4-10-18)25-24-21-13-7-8-14-22(21)26-23(27-24)16-19-11-5-2-6-12-19/h1-14,20,28H,15-17H2,(H,25,26,27)/t20-/m0/s1. The van der Waals surface area contributed by atoms with Gasteiger partial charge in [0, 0.05) is 11.8 Å². The van der Waals surface area contributed by atoms with Crippen LogP contribution in [0.4, 0.5) is 5.82 Å². The second-order valence-electron chi connectivity index (χ2n) is 6.88. The van der Waals surface area contributed by atoms with Crippen molar-refractivity contribution >= 4 is 16.7 Å². The smallest absolute Gasteiger partial charge is 0.137 e. The van der Waals surface area contributed by atoms with Gasteiger partial charge in [0.2, 0.25) is 0 Å². The van der Waals surface area contributed by atoms with Gasteiger partial charge in [0.05, 0.1) is 18.2 Å². The number of benzene rings is 3. The first-order valence-electron chi connectivity index (χ1n) is 9.53. The van der Waals surface area contributed by atoms with Crippen molar-refractivity contribution in [1.82, 2.24) is 9.97 Å². The fourth-order valence-corrected chi connectivity index (χ4v) is 3.35. The van der Waals surface area contributed by atoms with Crippen molar-refractivity contribution in [1.29, 1.82) is 0 Å². The molecule has 1 atom stereocenters. The predicted octanol–water partition coefficient (Wildman–Crippen LogP) is 4.24. The van der Waals surface area contributed by atoms with Crippen LogP contribution >= 0.6 is 0 Å². The van der Waals surface area contributed by atoms with E-state index < -0.39 is 0 Å². The molecule has 1 aromatic heterocycles. The van der Waals surface area contributed by atoms with Crippen molar-refractivity contribution in [2.45, 2.75) is 18.9 Å². The number of aliphatic hydroxyl groups is 1. The first-order valence-corrected chi connectivity index (χ1v) is 9.53. The third-order valence-electron chi connectivity index (χ3n) is 4.74. The number of anilines is 1. The van der Waals surface area contributed by atoms with E-state index in [0.29, 0.717) is 6.42 Å². The van der Waals surface area contributed by atoms with Crippen LogP contribution < -0.4 is 5.32 Å². The van der Waals surface area contributed by atoms with Crippen LogP contribution in [0.25, 0.3) is 10.9 Å². The maximum absolute atomic E-state index is 9.92. The molecule has 0 saturated carbocycles. The fraction of sp³-hybridized carbons (Fsp3) is 0.167. The Morgan fingerprint density at radius 1 is 0.750 bits per heavy atom. The number of aromatic nitrogens is 2. The number of para-hydroxylation sites is 1. The van der Waals surface area contributed by atoms with Crippen LogP contribution in [-0.2, 0) is 12.8 Å². The molecule has 0 bridgehead atoms. The molecule has 3 aromatic carbocycles. The maximum atomic E-state index is 9.92. The van der Waals surface area contributed by atoms with Gasteiger partial charge in [0.25, 0.3) is 0 Å². The topological polar surface area (TPSA) is 58.0 Å². The molecule has 4 rings (SSSR count). The van der Waals surface area contributed by atoms with Crippen molar-refractivity contribution < 1.29 is 5.11 Å². The molecule has 0 amide bonds. The van der Waals surface area contributed by atoms with Crippen LogP contribution in [0.5, 0.6) is 0 Å². The Balaban J connectivity index is 1.64. The summed E-state index contributed by atoms with van der Waals surface area (Å²) >= 11 is 0. The molecular weight excluding hydrogens is 346 g/mol. The molecule has 0 unspecified atom stereocenters. The van der Waals surface area contributed by atoms with Crippen molar-refractivity contribution in [3.8, 4) is 0 Å². The molecule has 0 saturated heterocycles. The number of hydrogen-bond donors (Lipinski definition) is 2. The molecular formula is C24H23N3O. The summed E-state index contributed by atoms with van der Waals surface area (Å²) in [6.45, 7) is 0.0290. The lowest BCUT2D eigenvalue weighted by atomic mass is 10.1. The van der Waals surface area contributed by atoms with Crippen LogP contribution in [0.1, 0.15) is 17.0 Å². The van der Waals surface area contributed by atoms with Gasteiger partial charge in [-0.15, -0.1) is 0 Å². The van der Waals surface area contributed by atoms with E-state index in [1.165, 1.54) is 11.1 Å². The summed E-state index contributed by atoms with van der Waals surface area (Å²) in [6, 6.07) is 28.3. The number of fused-ring (bicyclic) bond motifs is 1. The number of aliphatic hydroxyl groups excluding tert-OH is 1. The zero-order valence-corrected chi connectivity index (χ0v) is 15.6. The van der Waals surface area contributed by atoms with Gasteiger partial charge in [-0.2, -0.15) is 0 Å². The Labute approximate surface area is 164 Å². The minimum absolute atomic E-state index is 0.0290. The summed E-state index contributed by atoms with van der Waals surface area (Å²) in [5, 5.41) is 14.3. The molecule has 0 aliphatic rings. The highest BCUT2D eigenvalue weighted by atomic mass is 16.3. The number of nitrogens with one attached hydrogen (secondary N) is 1. The Morgan fingerprint density at radius 2 is 1.39 bits per heavy atom. The second kappa shape index (κ2) is 8.63. The molecule has 1 heterocycles. The second-order valence-corrected chi connectivity index (χ2v) is 6.88. The Bertz CT molecular complexity index is 1040. The maximum Gasteiger partial charge on any atom is 0.137 e. The minimum atomic E-state index is -0.120. The van der Waals surface area contributed by atoms with Gasteiger partial charge in [-0.25, -0.2) is 9.97 Å². The first-order chi connectivity index (χ1) is 13.8. The lowest BCUT2D eigenvalue weighted by molar-refractivity contribution is 0.273. The highest BCUT2D eigenvalue weighted by Gasteiger charge is 2.13. The Hall–Kier alpha value is -3.24. The zero-order chi connectivity index (χ0) is 19.2. The minimum Gasteiger partial charge on any atom is -0.394 e. The highest BCUT2D eigenvalue weighted by molar-refractivity contribution is 5.89. The highest BCUT2D eigenvalue weighted by Crippen LogP contribution is 2.22. The van der Waals surface area contributed by atoms with Crippen LogP contribution in [-0.4, -0.2) is 27.7 Å². The van der Waals surface area contributed by atoms with E-state index in [1.54, 1.807) is 0 Å². The van der Waals surface area contributed by atoms with Gasteiger partial charge in [-0.1, -0.05) is 72.8 Å². The van der Waals surface area contributed by atoms with Gasteiger partial charge in [0.15, 0.2) is 0 Å². The lowest BCUT2D eigenvalue weighted by Crippen LogP contribution is -2.27. The molecule has 0 aliphatic heterocycles. The number of nitrogens with zero attached hydrogens (tertiary/aromatic N) is 2. The summed E-state index contributed by atoms with van der Waals surface area (Å²) < 4.78 is 0. The molecule has 0 radical (unpaired) electrons. The lowest BCUT2D eigenvalue weighted by Gasteiger charge is -2.19. The first kappa shape index (κ1) is 18.1. The van der Waals surface area contributed by atoms with E-state index in [-0.39, 0.29) is 12.6 Å². The predicted molar refractivity (Wildman–Crippen MR) is 113 cm³/mol. The van der Waals surface area contributed by atoms with Gasteiger partial charge in [-0.3, -0.25) is 0 Å². The molecule has 0 spiro atoms. The van der Waals surface area contributed by atoms with Gasteiger partial charge < -0.3 is 10.4 Å². The van der Waals surface area contributed by atoms with E-state index in [4.69, 9.17) is 9.97 Å². The number of hydrogen-bond acceptors (Lipinski definition) is 4. The van der Waals surface area contributed by atoms with Crippen LogP contribution in [0.15, 0.2) is 84.9 Å². The van der Waals surface area contributed by atoms with Crippen LogP contribution in [0, 0.1) is 0 Å². The summed E-state index contributed by atoms with van der Waals surface area (Å²) in [5.74, 6) is 1.54. The molecule has 2 N–H and O–H groups in total. The summed E-state index contributed by atoms with van der Waals surface area (Å²) in [6.07, 6.45) is 1.40. The summed E-state index contributed by atoms with van der Waals surface area (Å²) in [7, 11) is 0. The average Bonchev–Trinajstić information content (AvgIpc) is 2.75. The van der Waals surface area contributed by atoms with Gasteiger partial charge in [0.1, 0.15) is 11.6 Å².